The number of nitrogens with one attached hydrogen (secondary N) is 1. The van der Waals surface area contributed by atoms with E-state index in [1.54, 1.807) is 7.11 Å². The van der Waals surface area contributed by atoms with Gasteiger partial charge in [-0.2, -0.15) is 0 Å². The summed E-state index contributed by atoms with van der Waals surface area (Å²) in [6.07, 6.45) is 1.47. The Morgan fingerprint density at radius 3 is 2.70 bits per heavy atom. The molecular formula is C15H20N4O. The second-order valence-corrected chi connectivity index (χ2v) is 4.89. The molecule has 0 saturated heterocycles. The number of nitrogens with zero attached hydrogens (tertiary/aromatic N) is 2. The summed E-state index contributed by atoms with van der Waals surface area (Å²) in [6.45, 7) is 4.68. The summed E-state index contributed by atoms with van der Waals surface area (Å²) in [5, 5.41) is 3.34. The van der Waals surface area contributed by atoms with Crippen LogP contribution in [0.25, 0.3) is 0 Å². The maximum absolute atomic E-state index is 5.96. The van der Waals surface area contributed by atoms with Gasteiger partial charge in [-0.3, -0.25) is 0 Å². The lowest BCUT2D eigenvalue weighted by Crippen LogP contribution is -2.07. The van der Waals surface area contributed by atoms with Crippen LogP contribution in [-0.4, -0.2) is 17.1 Å². The zero-order valence-corrected chi connectivity index (χ0v) is 12.1. The van der Waals surface area contributed by atoms with Gasteiger partial charge in [-0.1, -0.05) is 32.0 Å². The van der Waals surface area contributed by atoms with Gasteiger partial charge in [0.05, 0.1) is 6.61 Å². The van der Waals surface area contributed by atoms with Crippen molar-refractivity contribution in [1.82, 2.24) is 9.97 Å². The SMILES string of the molecule is COCc1ccccc1Nc1ncnc(N)c1C(C)C. The first-order valence-corrected chi connectivity index (χ1v) is 6.57. The maximum atomic E-state index is 5.96. The maximum Gasteiger partial charge on any atom is 0.139 e. The highest BCUT2D eigenvalue weighted by Crippen LogP contribution is 2.29. The topological polar surface area (TPSA) is 73.1 Å². The molecule has 0 aliphatic rings. The highest BCUT2D eigenvalue weighted by atomic mass is 16.5. The third-order valence-electron chi connectivity index (χ3n) is 3.06. The van der Waals surface area contributed by atoms with Crippen molar-refractivity contribution in [2.75, 3.05) is 18.2 Å². The number of hydrogen-bond donors (Lipinski definition) is 2. The molecule has 0 bridgehead atoms. The Bertz CT molecular complexity index is 584. The molecular weight excluding hydrogens is 252 g/mol. The Balaban J connectivity index is 2.38. The van der Waals surface area contributed by atoms with Gasteiger partial charge < -0.3 is 15.8 Å². The van der Waals surface area contributed by atoms with Crippen molar-refractivity contribution in [2.45, 2.75) is 26.4 Å². The molecule has 0 saturated carbocycles. The molecule has 0 radical (unpaired) electrons. The number of aromatic nitrogens is 2. The summed E-state index contributed by atoms with van der Waals surface area (Å²) >= 11 is 0. The van der Waals surface area contributed by atoms with E-state index < -0.39 is 0 Å². The minimum Gasteiger partial charge on any atom is -0.383 e. The minimum atomic E-state index is 0.244. The monoisotopic (exact) mass is 272 g/mol. The molecule has 0 unspecified atom stereocenters. The third-order valence-corrected chi connectivity index (χ3v) is 3.06. The zero-order valence-electron chi connectivity index (χ0n) is 12.1. The lowest BCUT2D eigenvalue weighted by atomic mass is 10.0. The average molecular weight is 272 g/mol. The van der Waals surface area contributed by atoms with Crippen molar-refractivity contribution in [3.63, 3.8) is 0 Å². The van der Waals surface area contributed by atoms with Crippen molar-refractivity contribution in [3.05, 3.63) is 41.7 Å². The second kappa shape index (κ2) is 6.34. The molecule has 0 fully saturated rings. The van der Waals surface area contributed by atoms with Gasteiger partial charge in [-0.25, -0.2) is 9.97 Å². The van der Waals surface area contributed by atoms with E-state index >= 15 is 0 Å². The molecule has 0 atom stereocenters. The van der Waals surface area contributed by atoms with E-state index in [1.807, 2.05) is 24.3 Å². The van der Waals surface area contributed by atoms with Crippen LogP contribution in [0.15, 0.2) is 30.6 Å². The summed E-state index contributed by atoms with van der Waals surface area (Å²) in [6, 6.07) is 7.97. The first-order chi connectivity index (χ1) is 9.63. The largest absolute Gasteiger partial charge is 0.383 e. The Labute approximate surface area is 119 Å². The molecule has 2 rings (SSSR count). The Morgan fingerprint density at radius 2 is 2.00 bits per heavy atom. The predicted molar refractivity (Wildman–Crippen MR) is 81.0 cm³/mol. The summed E-state index contributed by atoms with van der Waals surface area (Å²) in [4.78, 5) is 8.38. The highest BCUT2D eigenvalue weighted by Gasteiger charge is 2.14. The second-order valence-electron chi connectivity index (χ2n) is 4.89. The lowest BCUT2D eigenvalue weighted by molar-refractivity contribution is 0.185. The molecule has 0 aliphatic carbocycles. The quantitative estimate of drug-likeness (QED) is 0.875. The van der Waals surface area contributed by atoms with Gasteiger partial charge in [0.15, 0.2) is 0 Å². The van der Waals surface area contributed by atoms with E-state index in [-0.39, 0.29) is 5.92 Å². The summed E-state index contributed by atoms with van der Waals surface area (Å²) < 4.78 is 5.21. The number of hydrogen-bond acceptors (Lipinski definition) is 5. The fourth-order valence-electron chi connectivity index (χ4n) is 2.13. The standard InChI is InChI=1S/C15H20N4O/c1-10(2)13-14(16)17-9-18-15(13)19-12-7-5-4-6-11(12)8-20-3/h4-7,9-10H,8H2,1-3H3,(H3,16,17,18,19). The summed E-state index contributed by atoms with van der Waals surface area (Å²) in [7, 11) is 1.68. The first kappa shape index (κ1) is 14.3. The van der Waals surface area contributed by atoms with Crippen LogP contribution in [0.1, 0.15) is 30.9 Å². The third kappa shape index (κ3) is 3.05. The number of ether oxygens (including phenoxy) is 1. The lowest BCUT2D eigenvalue weighted by Gasteiger charge is -2.16. The van der Waals surface area contributed by atoms with Crippen molar-refractivity contribution in [3.8, 4) is 0 Å². The molecule has 1 aromatic heterocycles. The number of rotatable bonds is 5. The molecule has 106 valence electrons. The van der Waals surface area contributed by atoms with Gasteiger partial charge in [-0.15, -0.1) is 0 Å². The van der Waals surface area contributed by atoms with Gasteiger partial charge >= 0.3 is 0 Å². The number of anilines is 3. The molecule has 5 heteroatoms. The van der Waals surface area contributed by atoms with E-state index in [1.165, 1.54) is 6.33 Å². The number of nitrogen functional groups attached to an aromatic ring is 1. The predicted octanol–water partition coefficient (Wildman–Crippen LogP) is 3.07. The van der Waals surface area contributed by atoms with E-state index in [0.29, 0.717) is 12.4 Å². The summed E-state index contributed by atoms with van der Waals surface area (Å²) in [5.41, 5.74) is 8.93. The van der Waals surface area contributed by atoms with Crippen LogP contribution in [0.3, 0.4) is 0 Å². The fourth-order valence-corrected chi connectivity index (χ4v) is 2.13. The molecule has 0 spiro atoms. The van der Waals surface area contributed by atoms with E-state index in [0.717, 1.165) is 22.6 Å². The minimum absolute atomic E-state index is 0.244. The Morgan fingerprint density at radius 1 is 1.25 bits per heavy atom. The smallest absolute Gasteiger partial charge is 0.139 e. The van der Waals surface area contributed by atoms with E-state index in [2.05, 4.69) is 29.1 Å². The van der Waals surface area contributed by atoms with Crippen LogP contribution in [0.4, 0.5) is 17.3 Å². The van der Waals surface area contributed by atoms with Crippen molar-refractivity contribution in [1.29, 1.82) is 0 Å². The normalized spacial score (nSPS) is 10.8. The van der Waals surface area contributed by atoms with Gasteiger partial charge in [0.25, 0.3) is 0 Å². The first-order valence-electron chi connectivity index (χ1n) is 6.57. The highest BCUT2D eigenvalue weighted by molar-refractivity contribution is 5.66. The van der Waals surface area contributed by atoms with Crippen LogP contribution in [0, 0.1) is 0 Å². The van der Waals surface area contributed by atoms with E-state index in [9.17, 15) is 0 Å². The molecule has 0 aliphatic heterocycles. The molecule has 0 amide bonds. The van der Waals surface area contributed by atoms with Crippen molar-refractivity contribution < 1.29 is 4.74 Å². The van der Waals surface area contributed by atoms with Crippen LogP contribution >= 0.6 is 0 Å². The van der Waals surface area contributed by atoms with Crippen LogP contribution in [0.5, 0.6) is 0 Å². The molecule has 1 aromatic carbocycles. The number of nitrogens with two attached hydrogens (primary N) is 1. The van der Waals surface area contributed by atoms with Crippen molar-refractivity contribution >= 4 is 17.3 Å². The number of benzene rings is 1. The van der Waals surface area contributed by atoms with Crippen LogP contribution in [0.2, 0.25) is 0 Å². The van der Waals surface area contributed by atoms with Gasteiger partial charge in [0.1, 0.15) is 18.0 Å². The van der Waals surface area contributed by atoms with E-state index in [4.69, 9.17) is 10.5 Å². The van der Waals surface area contributed by atoms with Crippen LogP contribution in [-0.2, 0) is 11.3 Å². The summed E-state index contributed by atoms with van der Waals surface area (Å²) in [5.74, 6) is 1.51. The van der Waals surface area contributed by atoms with Crippen molar-refractivity contribution in [2.24, 2.45) is 0 Å². The molecule has 5 nitrogen and oxygen atoms in total. The molecule has 20 heavy (non-hydrogen) atoms. The van der Waals surface area contributed by atoms with Crippen LogP contribution < -0.4 is 11.1 Å². The molecule has 1 heterocycles. The average Bonchev–Trinajstić information content (AvgIpc) is 2.41. The Kier molecular flexibility index (Phi) is 4.53. The molecule has 3 N–H and O–H groups in total. The number of methoxy groups -OCH3 is 1. The molecule has 2 aromatic rings. The Hall–Kier alpha value is -2.14. The number of para-hydroxylation sites is 1. The van der Waals surface area contributed by atoms with Gasteiger partial charge in [0, 0.05) is 23.9 Å². The fraction of sp³-hybridized carbons (Fsp3) is 0.333. The zero-order chi connectivity index (χ0) is 14.5. The van der Waals surface area contributed by atoms with Gasteiger partial charge in [0.2, 0.25) is 0 Å². The van der Waals surface area contributed by atoms with Gasteiger partial charge in [-0.05, 0) is 12.0 Å².